The fourth-order valence-corrected chi connectivity index (χ4v) is 2.07. The third kappa shape index (κ3) is 3.48. The Morgan fingerprint density at radius 2 is 2.05 bits per heavy atom. The van der Waals surface area contributed by atoms with Crippen LogP contribution in [0.4, 0.5) is 5.82 Å². The van der Waals surface area contributed by atoms with E-state index in [4.69, 9.17) is 11.6 Å². The number of nitrogens with one attached hydrogen (secondary N) is 1. The summed E-state index contributed by atoms with van der Waals surface area (Å²) in [5.41, 5.74) is 0.883. The van der Waals surface area contributed by atoms with Crippen molar-refractivity contribution in [2.24, 2.45) is 0 Å². The lowest BCUT2D eigenvalue weighted by Gasteiger charge is -2.18. The SMILES string of the molecule is Cc1c(Cl)nc(C(C)C)nc1NC(C)Cn1ccnc1. The zero-order chi connectivity index (χ0) is 14.7. The Bertz CT molecular complexity index is 565. The molecule has 5 nitrogen and oxygen atoms in total. The minimum atomic E-state index is 0.217. The van der Waals surface area contributed by atoms with Crippen molar-refractivity contribution in [2.75, 3.05) is 5.32 Å². The second-order valence-electron chi connectivity index (χ2n) is 5.31. The van der Waals surface area contributed by atoms with Gasteiger partial charge in [-0.1, -0.05) is 25.4 Å². The number of hydrogen-bond donors (Lipinski definition) is 1. The Hall–Kier alpha value is -1.62. The number of hydrogen-bond acceptors (Lipinski definition) is 4. The van der Waals surface area contributed by atoms with E-state index in [1.54, 1.807) is 12.5 Å². The number of imidazole rings is 1. The fourth-order valence-electron chi connectivity index (χ4n) is 1.89. The molecule has 1 atom stereocenters. The smallest absolute Gasteiger partial charge is 0.137 e. The van der Waals surface area contributed by atoms with E-state index in [-0.39, 0.29) is 12.0 Å². The molecule has 0 spiro atoms. The predicted octanol–water partition coefficient (Wildman–Crippen LogP) is 3.26. The van der Waals surface area contributed by atoms with Gasteiger partial charge in [0.05, 0.1) is 6.33 Å². The topological polar surface area (TPSA) is 55.6 Å². The molecule has 0 saturated heterocycles. The van der Waals surface area contributed by atoms with Crippen LogP contribution in [0.2, 0.25) is 5.15 Å². The van der Waals surface area contributed by atoms with Gasteiger partial charge in [-0.25, -0.2) is 15.0 Å². The van der Waals surface area contributed by atoms with Gasteiger partial charge >= 0.3 is 0 Å². The molecule has 0 radical (unpaired) electrons. The lowest BCUT2D eigenvalue weighted by molar-refractivity contribution is 0.615. The van der Waals surface area contributed by atoms with E-state index >= 15 is 0 Å². The van der Waals surface area contributed by atoms with Crippen molar-refractivity contribution in [3.63, 3.8) is 0 Å². The third-order valence-corrected chi connectivity index (χ3v) is 3.42. The second kappa shape index (κ2) is 6.22. The summed E-state index contributed by atoms with van der Waals surface area (Å²) in [4.78, 5) is 12.9. The first-order valence-electron chi connectivity index (χ1n) is 6.73. The van der Waals surface area contributed by atoms with E-state index in [0.29, 0.717) is 5.15 Å². The van der Waals surface area contributed by atoms with Gasteiger partial charge in [0.2, 0.25) is 0 Å². The number of halogens is 1. The van der Waals surface area contributed by atoms with E-state index < -0.39 is 0 Å². The molecule has 108 valence electrons. The molecule has 0 amide bonds. The number of rotatable bonds is 5. The molecule has 0 fully saturated rings. The van der Waals surface area contributed by atoms with Gasteiger partial charge in [-0.3, -0.25) is 0 Å². The van der Waals surface area contributed by atoms with E-state index in [9.17, 15) is 0 Å². The number of anilines is 1. The first-order valence-corrected chi connectivity index (χ1v) is 7.11. The van der Waals surface area contributed by atoms with Gasteiger partial charge in [0.25, 0.3) is 0 Å². The first kappa shape index (κ1) is 14.8. The molecule has 2 aromatic heterocycles. The fraction of sp³-hybridized carbons (Fsp3) is 0.500. The average Bonchev–Trinajstić information content (AvgIpc) is 2.87. The minimum Gasteiger partial charge on any atom is -0.365 e. The predicted molar refractivity (Wildman–Crippen MR) is 81.2 cm³/mol. The molecule has 2 rings (SSSR count). The van der Waals surface area contributed by atoms with E-state index in [2.05, 4.69) is 41.0 Å². The van der Waals surface area contributed by atoms with E-state index in [1.165, 1.54) is 0 Å². The van der Waals surface area contributed by atoms with Gasteiger partial charge in [-0.15, -0.1) is 0 Å². The van der Waals surface area contributed by atoms with Gasteiger partial charge in [-0.05, 0) is 13.8 Å². The lowest BCUT2D eigenvalue weighted by atomic mass is 10.2. The Balaban J connectivity index is 2.15. The molecule has 1 N–H and O–H groups in total. The first-order chi connectivity index (χ1) is 9.47. The summed E-state index contributed by atoms with van der Waals surface area (Å²) in [5.74, 6) is 1.82. The summed E-state index contributed by atoms with van der Waals surface area (Å²) < 4.78 is 2.03. The quantitative estimate of drug-likeness (QED) is 0.860. The summed E-state index contributed by atoms with van der Waals surface area (Å²) in [5, 5.41) is 3.92. The Morgan fingerprint density at radius 1 is 1.30 bits per heavy atom. The number of nitrogens with zero attached hydrogens (tertiary/aromatic N) is 4. The molecule has 0 saturated carbocycles. The van der Waals surface area contributed by atoms with Crippen LogP contribution in [-0.2, 0) is 6.54 Å². The van der Waals surface area contributed by atoms with Crippen molar-refractivity contribution in [3.8, 4) is 0 Å². The van der Waals surface area contributed by atoms with Gasteiger partial charge in [0.1, 0.15) is 16.8 Å². The highest BCUT2D eigenvalue weighted by molar-refractivity contribution is 6.30. The minimum absolute atomic E-state index is 0.217. The molecule has 0 aliphatic rings. The largest absolute Gasteiger partial charge is 0.365 e. The zero-order valence-corrected chi connectivity index (χ0v) is 13.0. The highest BCUT2D eigenvalue weighted by Crippen LogP contribution is 2.23. The summed E-state index contributed by atoms with van der Waals surface area (Å²) >= 11 is 6.18. The van der Waals surface area contributed by atoms with Crippen LogP contribution in [0.15, 0.2) is 18.7 Å². The van der Waals surface area contributed by atoms with Crippen LogP contribution >= 0.6 is 11.6 Å². The highest BCUT2D eigenvalue weighted by atomic mass is 35.5. The van der Waals surface area contributed by atoms with Crippen molar-refractivity contribution in [1.29, 1.82) is 0 Å². The van der Waals surface area contributed by atoms with Crippen molar-refractivity contribution >= 4 is 17.4 Å². The van der Waals surface area contributed by atoms with Crippen molar-refractivity contribution in [1.82, 2.24) is 19.5 Å². The maximum atomic E-state index is 6.18. The normalized spacial score (nSPS) is 12.7. The molecular formula is C14H20ClN5. The maximum Gasteiger partial charge on any atom is 0.137 e. The number of aromatic nitrogens is 4. The lowest BCUT2D eigenvalue weighted by Crippen LogP contribution is -2.23. The van der Waals surface area contributed by atoms with Crippen molar-refractivity contribution in [2.45, 2.75) is 46.2 Å². The van der Waals surface area contributed by atoms with Crippen LogP contribution in [0.5, 0.6) is 0 Å². The summed E-state index contributed by atoms with van der Waals surface area (Å²) in [7, 11) is 0. The van der Waals surface area contributed by atoms with E-state index in [0.717, 1.165) is 23.8 Å². The molecule has 0 aliphatic carbocycles. The molecule has 0 aromatic carbocycles. The van der Waals surface area contributed by atoms with Crippen LogP contribution < -0.4 is 5.32 Å². The summed E-state index contributed by atoms with van der Waals surface area (Å²) in [6, 6.07) is 0.217. The molecule has 20 heavy (non-hydrogen) atoms. The molecule has 1 unspecified atom stereocenters. The Labute approximate surface area is 124 Å². The molecule has 0 bridgehead atoms. The summed E-state index contributed by atoms with van der Waals surface area (Å²) in [6.45, 7) is 8.96. The second-order valence-corrected chi connectivity index (χ2v) is 5.66. The molecule has 2 heterocycles. The Morgan fingerprint density at radius 3 is 2.65 bits per heavy atom. The van der Waals surface area contributed by atoms with Crippen molar-refractivity contribution < 1.29 is 0 Å². The molecule has 2 aromatic rings. The standard InChI is InChI=1S/C14H20ClN5/c1-9(2)13-18-12(15)11(4)14(19-13)17-10(3)7-20-6-5-16-8-20/h5-6,8-10H,7H2,1-4H3,(H,17,18,19). The van der Waals surface area contributed by atoms with Gasteiger partial charge in [0, 0.05) is 36.5 Å². The van der Waals surface area contributed by atoms with Crippen LogP contribution in [0.25, 0.3) is 0 Å². The molecule has 0 aliphatic heterocycles. The van der Waals surface area contributed by atoms with Crippen LogP contribution in [0, 0.1) is 6.92 Å². The maximum absolute atomic E-state index is 6.18. The molecular weight excluding hydrogens is 274 g/mol. The van der Waals surface area contributed by atoms with Gasteiger partial charge in [-0.2, -0.15) is 0 Å². The van der Waals surface area contributed by atoms with Crippen LogP contribution in [0.3, 0.4) is 0 Å². The highest BCUT2D eigenvalue weighted by Gasteiger charge is 2.13. The third-order valence-electron chi connectivity index (χ3n) is 3.05. The Kier molecular flexibility index (Phi) is 4.60. The van der Waals surface area contributed by atoms with E-state index in [1.807, 2.05) is 17.7 Å². The van der Waals surface area contributed by atoms with Crippen LogP contribution in [0.1, 0.15) is 38.1 Å². The van der Waals surface area contributed by atoms with Crippen molar-refractivity contribution in [3.05, 3.63) is 35.3 Å². The average molecular weight is 294 g/mol. The zero-order valence-electron chi connectivity index (χ0n) is 12.3. The van der Waals surface area contributed by atoms with Gasteiger partial charge < -0.3 is 9.88 Å². The van der Waals surface area contributed by atoms with Gasteiger partial charge in [0.15, 0.2) is 0 Å². The molecule has 6 heteroatoms. The summed E-state index contributed by atoms with van der Waals surface area (Å²) in [6.07, 6.45) is 5.52. The van der Waals surface area contributed by atoms with Crippen LogP contribution in [-0.4, -0.2) is 25.6 Å². The monoisotopic (exact) mass is 293 g/mol.